The number of fused-ring (bicyclic) bond motifs is 1. The lowest BCUT2D eigenvalue weighted by Crippen LogP contribution is -2.51. The lowest BCUT2D eigenvalue weighted by Gasteiger charge is -2.40. The van der Waals surface area contributed by atoms with Crippen LogP contribution in [0, 0.1) is 11.3 Å². The Bertz CT molecular complexity index is 1300. The molecule has 0 spiro atoms. The lowest BCUT2D eigenvalue weighted by molar-refractivity contribution is -0.0802. The van der Waals surface area contributed by atoms with Crippen molar-refractivity contribution in [2.45, 2.75) is 62.8 Å². The second-order valence-electron chi connectivity index (χ2n) is 10.5. The zero-order valence-electron chi connectivity index (χ0n) is 21.0. The fourth-order valence-corrected chi connectivity index (χ4v) is 5.22. The Labute approximate surface area is 210 Å². The average molecular weight is 510 g/mol. The molecule has 4 atom stereocenters. The van der Waals surface area contributed by atoms with E-state index in [0.717, 1.165) is 0 Å². The summed E-state index contributed by atoms with van der Waals surface area (Å²) in [5, 5.41) is 25.8. The highest BCUT2D eigenvalue weighted by atomic mass is 28.4. The number of hydrogen-bond donors (Lipinski definition) is 2. The number of aromatic nitrogens is 3. The molecule has 3 N–H and O–H groups in total. The van der Waals surface area contributed by atoms with Gasteiger partial charge >= 0.3 is 5.97 Å². The van der Waals surface area contributed by atoms with Gasteiger partial charge in [-0.1, -0.05) is 39.0 Å². The van der Waals surface area contributed by atoms with Gasteiger partial charge in [0.15, 0.2) is 14.1 Å². The molecule has 1 aliphatic heterocycles. The smallest absolute Gasteiger partial charge is 0.338 e. The van der Waals surface area contributed by atoms with E-state index in [4.69, 9.17) is 19.6 Å². The molecule has 3 heterocycles. The van der Waals surface area contributed by atoms with E-state index in [2.05, 4.69) is 50.0 Å². The molecule has 10 nitrogen and oxygen atoms in total. The van der Waals surface area contributed by atoms with Gasteiger partial charge in [0.1, 0.15) is 42.8 Å². The fraction of sp³-hybridized carbons (Fsp3) is 0.440. The molecule has 0 saturated carbocycles. The van der Waals surface area contributed by atoms with E-state index in [-0.39, 0.29) is 10.9 Å². The first-order valence-electron chi connectivity index (χ1n) is 11.7. The highest BCUT2D eigenvalue weighted by Gasteiger charge is 2.59. The number of hydrogen-bond acceptors (Lipinski definition) is 9. The molecule has 1 saturated heterocycles. The Kier molecular flexibility index (Phi) is 6.65. The minimum absolute atomic E-state index is 0.178. The number of nitrogen functional groups attached to an aromatic ring is 1. The van der Waals surface area contributed by atoms with Crippen molar-refractivity contribution >= 4 is 25.6 Å². The number of rotatable bonds is 6. The summed E-state index contributed by atoms with van der Waals surface area (Å²) in [7, 11) is -2.44. The summed E-state index contributed by atoms with van der Waals surface area (Å²) in [6.45, 7) is 9.86. The Morgan fingerprint density at radius 2 is 1.97 bits per heavy atom. The fourth-order valence-electron chi connectivity index (χ4n) is 3.93. The van der Waals surface area contributed by atoms with Gasteiger partial charge in [-0.25, -0.2) is 14.3 Å². The van der Waals surface area contributed by atoms with Gasteiger partial charge in [0, 0.05) is 0 Å². The number of aliphatic hydroxyl groups excluding tert-OH is 1. The third kappa shape index (κ3) is 4.48. The van der Waals surface area contributed by atoms with Crippen LogP contribution in [0.25, 0.3) is 5.52 Å². The van der Waals surface area contributed by atoms with Crippen molar-refractivity contribution in [1.82, 2.24) is 14.6 Å². The lowest BCUT2D eigenvalue weighted by atomic mass is 9.96. The number of carbonyl (C=O) groups is 1. The number of ether oxygens (including phenoxy) is 2. The van der Waals surface area contributed by atoms with Gasteiger partial charge in [-0.3, -0.25) is 0 Å². The molecule has 0 amide bonds. The summed E-state index contributed by atoms with van der Waals surface area (Å²) >= 11 is 0. The van der Waals surface area contributed by atoms with Gasteiger partial charge in [-0.15, -0.1) is 0 Å². The molecule has 11 heteroatoms. The van der Waals surface area contributed by atoms with Crippen LogP contribution in [0.5, 0.6) is 0 Å². The summed E-state index contributed by atoms with van der Waals surface area (Å²) < 4.78 is 19.9. The second kappa shape index (κ2) is 9.29. The molecule has 1 fully saturated rings. The molecule has 0 bridgehead atoms. The molecular formula is C25H31N5O5Si. The Morgan fingerprint density at radius 1 is 1.28 bits per heavy atom. The molecule has 36 heavy (non-hydrogen) atoms. The molecule has 0 aliphatic carbocycles. The van der Waals surface area contributed by atoms with Crippen molar-refractivity contribution in [3.8, 4) is 6.07 Å². The summed E-state index contributed by atoms with van der Waals surface area (Å²) in [4.78, 5) is 16.6. The first-order chi connectivity index (χ1) is 16.9. The number of nitrogens with zero attached hydrogens (tertiary/aromatic N) is 4. The molecule has 2 aromatic heterocycles. The molecule has 190 valence electrons. The Hall–Kier alpha value is -3.30. The van der Waals surface area contributed by atoms with Gasteiger partial charge in [0.2, 0.25) is 5.60 Å². The van der Waals surface area contributed by atoms with E-state index in [1.165, 1.54) is 6.33 Å². The van der Waals surface area contributed by atoms with Gasteiger partial charge in [-0.05, 0) is 42.4 Å². The van der Waals surface area contributed by atoms with Crippen LogP contribution in [0.3, 0.4) is 0 Å². The van der Waals surface area contributed by atoms with Crippen LogP contribution >= 0.6 is 0 Å². The normalized spacial score (nSPS) is 24.5. The van der Waals surface area contributed by atoms with E-state index in [1.807, 2.05) is 0 Å². The topological polar surface area (TPSA) is 145 Å². The van der Waals surface area contributed by atoms with Crippen molar-refractivity contribution < 1.29 is 23.8 Å². The van der Waals surface area contributed by atoms with Crippen LogP contribution in [0.15, 0.2) is 48.8 Å². The van der Waals surface area contributed by atoms with E-state index in [9.17, 15) is 15.2 Å². The molecular weight excluding hydrogens is 478 g/mol. The van der Waals surface area contributed by atoms with Crippen molar-refractivity contribution in [3.05, 3.63) is 60.0 Å². The molecule has 0 radical (unpaired) electrons. The number of nitrogens with two attached hydrogens (primary N) is 1. The van der Waals surface area contributed by atoms with Gasteiger partial charge in [0.05, 0.1) is 11.3 Å². The summed E-state index contributed by atoms with van der Waals surface area (Å²) in [5.41, 5.74) is 5.57. The maximum absolute atomic E-state index is 12.6. The number of aliphatic hydroxyl groups is 1. The van der Waals surface area contributed by atoms with Crippen molar-refractivity contribution in [3.63, 3.8) is 0 Å². The van der Waals surface area contributed by atoms with E-state index in [1.54, 1.807) is 47.0 Å². The van der Waals surface area contributed by atoms with Crippen LogP contribution in [-0.4, -0.2) is 58.4 Å². The van der Waals surface area contributed by atoms with Crippen LogP contribution < -0.4 is 5.73 Å². The zero-order valence-corrected chi connectivity index (χ0v) is 22.0. The minimum atomic E-state index is -2.44. The predicted octanol–water partition coefficient (Wildman–Crippen LogP) is 3.25. The largest absolute Gasteiger partial charge is 0.458 e. The Balaban J connectivity index is 1.72. The second-order valence-corrected chi connectivity index (χ2v) is 15.2. The van der Waals surface area contributed by atoms with Crippen molar-refractivity contribution in [1.29, 1.82) is 5.26 Å². The zero-order chi connectivity index (χ0) is 26.3. The van der Waals surface area contributed by atoms with E-state index in [0.29, 0.717) is 16.8 Å². The predicted molar refractivity (Wildman–Crippen MR) is 134 cm³/mol. The number of benzene rings is 1. The van der Waals surface area contributed by atoms with Crippen molar-refractivity contribution in [2.75, 3.05) is 12.3 Å². The summed E-state index contributed by atoms with van der Waals surface area (Å²) in [5.74, 6) is -0.347. The van der Waals surface area contributed by atoms with E-state index < -0.39 is 44.8 Å². The molecule has 3 aromatic rings. The maximum atomic E-state index is 12.6. The molecule has 1 aromatic carbocycles. The third-order valence-corrected chi connectivity index (χ3v) is 11.6. The molecule has 1 aliphatic rings. The third-order valence-electron chi connectivity index (χ3n) is 7.08. The highest BCUT2D eigenvalue weighted by Crippen LogP contribution is 2.46. The number of carbonyl (C=O) groups excluding carboxylic acids is 1. The van der Waals surface area contributed by atoms with E-state index >= 15 is 0 Å². The van der Waals surface area contributed by atoms with Gasteiger partial charge < -0.3 is 24.7 Å². The first-order valence-corrected chi connectivity index (χ1v) is 14.6. The van der Waals surface area contributed by atoms with Crippen LogP contribution in [0.2, 0.25) is 18.1 Å². The van der Waals surface area contributed by atoms with Gasteiger partial charge in [0.25, 0.3) is 0 Å². The number of anilines is 1. The van der Waals surface area contributed by atoms with Crippen LogP contribution in [0.1, 0.15) is 42.9 Å². The molecule has 0 unspecified atom stereocenters. The summed E-state index contributed by atoms with van der Waals surface area (Å²) in [6.07, 6.45) is -1.90. The molecule has 4 rings (SSSR count). The number of esters is 1. The minimum Gasteiger partial charge on any atom is -0.458 e. The standard InChI is InChI=1S/C25H31N5O5Si/c1-24(2,3)36(4,5)35-20-19(17-11-12-18-22(27)28-15-29-30(17)18)34-25(13-26,21(20)31)14-33-23(32)16-9-7-6-8-10-16/h6-12,15,19-21,31H,14H2,1-5H3,(H2,27,28,29)/t19-,20-,21-,25+/m0/s1. The summed E-state index contributed by atoms with van der Waals surface area (Å²) in [6, 6.07) is 14.0. The number of nitriles is 1. The average Bonchev–Trinajstić information content (AvgIpc) is 3.38. The Morgan fingerprint density at radius 3 is 2.61 bits per heavy atom. The van der Waals surface area contributed by atoms with Gasteiger partial charge in [-0.2, -0.15) is 10.4 Å². The quantitative estimate of drug-likeness (QED) is 0.378. The SMILES string of the molecule is CC(C)(C)[Si](C)(C)O[C@H]1[C@H](c2ccc3c(N)ncnn23)O[C@](C#N)(COC(=O)c2ccccc2)[C@H]1O. The monoisotopic (exact) mass is 509 g/mol. The van der Waals surface area contributed by atoms with Crippen LogP contribution in [0.4, 0.5) is 5.82 Å². The first kappa shape index (κ1) is 25.8. The van der Waals surface area contributed by atoms with Crippen molar-refractivity contribution in [2.24, 2.45) is 0 Å². The van der Waals surface area contributed by atoms with Crippen LogP contribution in [-0.2, 0) is 13.9 Å². The maximum Gasteiger partial charge on any atom is 0.338 e. The highest BCUT2D eigenvalue weighted by molar-refractivity contribution is 6.74.